The van der Waals surface area contributed by atoms with Crippen molar-refractivity contribution in [3.05, 3.63) is 35.4 Å². The zero-order valence-electron chi connectivity index (χ0n) is 12.9. The molecule has 3 nitrogen and oxygen atoms in total. The standard InChI is InChI=1S/C17H23ClN2O/c1-4-21-16(20)15(6-5-11-18)13-7-9-14(10-8-13)17(2,3)12-19/h7-10,15,20H,4-6,11H2,1-3H3. The van der Waals surface area contributed by atoms with Crippen LogP contribution in [0.2, 0.25) is 0 Å². The molecule has 0 spiro atoms. The van der Waals surface area contributed by atoms with Crippen LogP contribution < -0.4 is 0 Å². The van der Waals surface area contributed by atoms with Crippen LogP contribution in [0.3, 0.4) is 0 Å². The lowest BCUT2D eigenvalue weighted by Crippen LogP contribution is -2.17. The zero-order valence-corrected chi connectivity index (χ0v) is 13.7. The van der Waals surface area contributed by atoms with Gasteiger partial charge in [0.15, 0.2) is 5.90 Å². The van der Waals surface area contributed by atoms with E-state index in [1.807, 2.05) is 45.0 Å². The van der Waals surface area contributed by atoms with Crippen LogP contribution in [-0.2, 0) is 10.2 Å². The van der Waals surface area contributed by atoms with Crippen molar-refractivity contribution in [2.45, 2.75) is 44.9 Å². The van der Waals surface area contributed by atoms with Crippen molar-refractivity contribution in [3.63, 3.8) is 0 Å². The maximum Gasteiger partial charge on any atom is 0.188 e. The Labute approximate surface area is 132 Å². The number of rotatable bonds is 7. The molecule has 114 valence electrons. The molecule has 21 heavy (non-hydrogen) atoms. The Morgan fingerprint density at radius 2 is 2.00 bits per heavy atom. The minimum absolute atomic E-state index is 0.0667. The number of alkyl halides is 1. The number of hydrogen-bond acceptors (Lipinski definition) is 3. The van der Waals surface area contributed by atoms with E-state index in [1.54, 1.807) is 0 Å². The van der Waals surface area contributed by atoms with Crippen LogP contribution in [0, 0.1) is 16.7 Å². The molecule has 0 saturated carbocycles. The second kappa shape index (κ2) is 8.05. The molecule has 0 amide bonds. The zero-order chi connectivity index (χ0) is 15.9. The molecule has 0 saturated heterocycles. The fourth-order valence-corrected chi connectivity index (χ4v) is 2.34. The molecule has 1 unspecified atom stereocenters. The number of nitrogens with zero attached hydrogens (tertiary/aromatic N) is 1. The van der Waals surface area contributed by atoms with Crippen LogP contribution in [0.25, 0.3) is 0 Å². The average molecular weight is 307 g/mol. The summed E-state index contributed by atoms with van der Waals surface area (Å²) in [7, 11) is 0. The van der Waals surface area contributed by atoms with Gasteiger partial charge in [-0.15, -0.1) is 11.6 Å². The minimum Gasteiger partial charge on any atom is -0.481 e. The fraction of sp³-hybridized carbons (Fsp3) is 0.529. The summed E-state index contributed by atoms with van der Waals surface area (Å²) in [6.45, 7) is 6.17. The largest absolute Gasteiger partial charge is 0.481 e. The van der Waals surface area contributed by atoms with E-state index in [-0.39, 0.29) is 11.8 Å². The molecule has 0 aliphatic rings. The van der Waals surface area contributed by atoms with E-state index in [4.69, 9.17) is 21.7 Å². The topological polar surface area (TPSA) is 56.9 Å². The molecule has 0 fully saturated rings. The lowest BCUT2D eigenvalue weighted by Gasteiger charge is -2.20. The van der Waals surface area contributed by atoms with Crippen molar-refractivity contribution < 1.29 is 4.74 Å². The first-order valence-electron chi connectivity index (χ1n) is 7.25. The van der Waals surface area contributed by atoms with E-state index < -0.39 is 5.41 Å². The van der Waals surface area contributed by atoms with Gasteiger partial charge >= 0.3 is 0 Å². The summed E-state index contributed by atoms with van der Waals surface area (Å²) >= 11 is 5.77. The Bertz CT molecular complexity index is 503. The molecule has 0 bridgehead atoms. The number of halogens is 1. The van der Waals surface area contributed by atoms with Crippen molar-refractivity contribution in [3.8, 4) is 6.07 Å². The quantitative estimate of drug-likeness (QED) is 0.454. The van der Waals surface area contributed by atoms with Gasteiger partial charge in [-0.2, -0.15) is 5.26 Å². The van der Waals surface area contributed by atoms with Gasteiger partial charge in [-0.25, -0.2) is 0 Å². The number of ether oxygens (including phenoxy) is 1. The van der Waals surface area contributed by atoms with Gasteiger partial charge in [0.2, 0.25) is 0 Å². The lowest BCUT2D eigenvalue weighted by molar-refractivity contribution is 0.305. The van der Waals surface area contributed by atoms with Crippen molar-refractivity contribution in [2.75, 3.05) is 12.5 Å². The Balaban J connectivity index is 2.98. The molecule has 0 heterocycles. The van der Waals surface area contributed by atoms with Crippen molar-refractivity contribution >= 4 is 17.5 Å². The van der Waals surface area contributed by atoms with Crippen LogP contribution in [0.5, 0.6) is 0 Å². The van der Waals surface area contributed by atoms with E-state index in [9.17, 15) is 5.26 Å². The van der Waals surface area contributed by atoms with Gasteiger partial charge in [-0.05, 0) is 44.7 Å². The molecule has 0 aromatic heterocycles. The van der Waals surface area contributed by atoms with Gasteiger partial charge in [0.25, 0.3) is 0 Å². The van der Waals surface area contributed by atoms with Crippen LogP contribution in [0.15, 0.2) is 24.3 Å². The predicted octanol–water partition coefficient (Wildman–Crippen LogP) is 4.60. The number of hydrogen-bond donors (Lipinski definition) is 1. The second-order valence-electron chi connectivity index (χ2n) is 5.54. The van der Waals surface area contributed by atoms with Gasteiger partial charge in [0.1, 0.15) is 0 Å². The van der Waals surface area contributed by atoms with Crippen LogP contribution in [0.1, 0.15) is 50.7 Å². The van der Waals surface area contributed by atoms with Gasteiger partial charge in [-0.3, -0.25) is 5.41 Å². The number of benzene rings is 1. The summed E-state index contributed by atoms with van der Waals surface area (Å²) in [4.78, 5) is 0. The van der Waals surface area contributed by atoms with E-state index in [1.165, 1.54) is 0 Å². The smallest absolute Gasteiger partial charge is 0.188 e. The molecule has 4 heteroatoms. The van der Waals surface area contributed by atoms with Crippen molar-refractivity contribution in [2.24, 2.45) is 0 Å². The van der Waals surface area contributed by atoms with Crippen molar-refractivity contribution in [1.29, 1.82) is 10.7 Å². The second-order valence-corrected chi connectivity index (χ2v) is 5.92. The lowest BCUT2D eigenvalue weighted by atomic mass is 9.84. The van der Waals surface area contributed by atoms with E-state index >= 15 is 0 Å². The highest BCUT2D eigenvalue weighted by molar-refractivity contribution is 6.17. The van der Waals surface area contributed by atoms with Crippen LogP contribution in [0.4, 0.5) is 0 Å². The third-order valence-electron chi connectivity index (χ3n) is 3.56. The molecule has 1 N–H and O–H groups in total. The molecule has 0 aliphatic heterocycles. The highest BCUT2D eigenvalue weighted by Gasteiger charge is 2.22. The van der Waals surface area contributed by atoms with Gasteiger partial charge in [0.05, 0.1) is 24.0 Å². The highest BCUT2D eigenvalue weighted by atomic mass is 35.5. The molecule has 1 aromatic carbocycles. The Hall–Kier alpha value is -1.53. The first kappa shape index (κ1) is 17.5. The molecular formula is C17H23ClN2O. The van der Waals surface area contributed by atoms with Crippen LogP contribution >= 0.6 is 11.6 Å². The SMILES string of the molecule is CCOC(=N)C(CCCCl)c1ccc(C(C)(C)C#N)cc1. The summed E-state index contributed by atoms with van der Waals surface area (Å²) in [5.41, 5.74) is 1.52. The number of nitrogens with one attached hydrogen (secondary N) is 1. The average Bonchev–Trinajstić information content (AvgIpc) is 2.48. The van der Waals surface area contributed by atoms with E-state index in [0.29, 0.717) is 12.5 Å². The highest BCUT2D eigenvalue weighted by Crippen LogP contribution is 2.27. The minimum atomic E-state index is -0.502. The summed E-state index contributed by atoms with van der Waals surface area (Å²) in [5.74, 6) is 0.799. The molecule has 0 aliphatic carbocycles. The molecule has 1 rings (SSSR count). The Kier molecular flexibility index (Phi) is 6.71. The fourth-order valence-electron chi connectivity index (χ4n) is 2.18. The monoisotopic (exact) mass is 306 g/mol. The van der Waals surface area contributed by atoms with Gasteiger partial charge in [0, 0.05) is 5.88 Å². The molecular weight excluding hydrogens is 284 g/mol. The van der Waals surface area contributed by atoms with Crippen LogP contribution in [-0.4, -0.2) is 18.4 Å². The van der Waals surface area contributed by atoms with E-state index in [0.717, 1.165) is 24.0 Å². The molecule has 1 aromatic rings. The predicted molar refractivity (Wildman–Crippen MR) is 87.1 cm³/mol. The maximum atomic E-state index is 9.18. The summed E-state index contributed by atoms with van der Waals surface area (Å²) in [6.07, 6.45) is 1.64. The Morgan fingerprint density at radius 3 is 2.48 bits per heavy atom. The summed E-state index contributed by atoms with van der Waals surface area (Å²) in [5, 5.41) is 17.2. The maximum absolute atomic E-state index is 9.18. The molecule has 0 radical (unpaired) electrons. The third kappa shape index (κ3) is 4.75. The van der Waals surface area contributed by atoms with E-state index in [2.05, 4.69) is 6.07 Å². The first-order chi connectivity index (χ1) is 9.96. The summed E-state index contributed by atoms with van der Waals surface area (Å²) in [6, 6.07) is 10.2. The molecule has 1 atom stereocenters. The van der Waals surface area contributed by atoms with Crippen molar-refractivity contribution in [1.82, 2.24) is 0 Å². The third-order valence-corrected chi connectivity index (χ3v) is 3.82. The van der Waals surface area contributed by atoms with Gasteiger partial charge in [-0.1, -0.05) is 24.3 Å². The normalized spacial score (nSPS) is 12.5. The van der Waals surface area contributed by atoms with Gasteiger partial charge < -0.3 is 4.74 Å². The summed E-state index contributed by atoms with van der Waals surface area (Å²) < 4.78 is 5.36. The Morgan fingerprint density at radius 1 is 1.38 bits per heavy atom. The first-order valence-corrected chi connectivity index (χ1v) is 7.78. The number of nitriles is 1.